The number of benzene rings is 2. The van der Waals surface area contributed by atoms with Crippen molar-refractivity contribution in [1.29, 1.82) is 0 Å². The number of carboxylic acids is 1. The number of hydrogen-bond donors (Lipinski definition) is 4. The summed E-state index contributed by atoms with van der Waals surface area (Å²) in [6.45, 7) is 0. The van der Waals surface area contributed by atoms with Crippen LogP contribution in [0.1, 0.15) is 48.0 Å². The highest BCUT2D eigenvalue weighted by molar-refractivity contribution is 5.92. The Balaban J connectivity index is 1.61. The van der Waals surface area contributed by atoms with Crippen molar-refractivity contribution < 1.29 is 24.6 Å². The number of carbonyl (C=O) groups excluding carboxylic acids is 2. The van der Waals surface area contributed by atoms with Crippen molar-refractivity contribution in [2.24, 2.45) is 5.10 Å². The van der Waals surface area contributed by atoms with Crippen LogP contribution in [0.15, 0.2) is 53.6 Å². The number of rotatable bonds is 10. The molecule has 0 fully saturated rings. The Morgan fingerprint density at radius 2 is 1.66 bits per heavy atom. The number of nitrogens with zero attached hydrogens (tertiary/aromatic N) is 1. The van der Waals surface area contributed by atoms with Crippen LogP contribution in [0.4, 0.5) is 5.69 Å². The van der Waals surface area contributed by atoms with Crippen molar-refractivity contribution in [1.82, 2.24) is 5.43 Å². The lowest BCUT2D eigenvalue weighted by Crippen LogP contribution is -2.17. The Morgan fingerprint density at radius 1 is 0.931 bits per heavy atom. The summed E-state index contributed by atoms with van der Waals surface area (Å²) in [5, 5.41) is 25.0. The second-order valence-electron chi connectivity index (χ2n) is 6.35. The number of hydrogen-bond acceptors (Lipinski definition) is 5. The first-order valence-corrected chi connectivity index (χ1v) is 9.19. The minimum absolute atomic E-state index is 0.0211. The molecular formula is C21H23N3O5. The molecule has 0 unspecified atom stereocenters. The zero-order valence-electron chi connectivity index (χ0n) is 15.8. The molecule has 2 aromatic carbocycles. The van der Waals surface area contributed by atoms with Gasteiger partial charge in [0.1, 0.15) is 5.75 Å². The van der Waals surface area contributed by atoms with E-state index < -0.39 is 5.97 Å². The van der Waals surface area contributed by atoms with E-state index in [1.807, 2.05) is 0 Å². The van der Waals surface area contributed by atoms with Crippen molar-refractivity contribution >= 4 is 29.7 Å². The quantitative estimate of drug-likeness (QED) is 0.212. The first kappa shape index (κ1) is 21.6. The number of anilines is 1. The molecule has 0 atom stereocenters. The molecule has 0 aliphatic heterocycles. The molecule has 0 saturated heterocycles. The third kappa shape index (κ3) is 7.84. The fourth-order valence-corrected chi connectivity index (χ4v) is 2.53. The molecule has 0 aliphatic rings. The molecule has 0 aliphatic carbocycles. The average Bonchev–Trinajstić information content (AvgIpc) is 2.69. The van der Waals surface area contributed by atoms with Gasteiger partial charge in [0.15, 0.2) is 0 Å². The van der Waals surface area contributed by atoms with E-state index in [1.54, 1.807) is 30.3 Å². The first-order valence-electron chi connectivity index (χ1n) is 9.19. The molecule has 4 N–H and O–H groups in total. The molecule has 8 nitrogen and oxygen atoms in total. The van der Waals surface area contributed by atoms with Crippen LogP contribution in [-0.2, 0) is 9.59 Å². The Labute approximate surface area is 168 Å². The van der Waals surface area contributed by atoms with Crippen molar-refractivity contribution in [3.63, 3.8) is 0 Å². The number of amides is 2. The van der Waals surface area contributed by atoms with Gasteiger partial charge >= 0.3 is 5.97 Å². The molecule has 2 rings (SSSR count). The van der Waals surface area contributed by atoms with Crippen LogP contribution in [0.3, 0.4) is 0 Å². The van der Waals surface area contributed by atoms with Gasteiger partial charge in [-0.05, 0) is 42.7 Å². The molecular weight excluding hydrogens is 374 g/mol. The van der Waals surface area contributed by atoms with Crippen LogP contribution in [0.25, 0.3) is 0 Å². The Hall–Kier alpha value is -3.68. The molecule has 0 spiro atoms. The number of phenols is 1. The lowest BCUT2D eigenvalue weighted by atomic mass is 10.1. The summed E-state index contributed by atoms with van der Waals surface area (Å²) in [5.74, 6) is -1.45. The number of nitrogens with one attached hydrogen (secondary N) is 2. The molecule has 8 heteroatoms. The normalized spacial score (nSPS) is 10.6. The van der Waals surface area contributed by atoms with E-state index in [0.29, 0.717) is 36.9 Å². The third-order valence-corrected chi connectivity index (χ3v) is 4.02. The smallest absolute Gasteiger partial charge is 0.335 e. The summed E-state index contributed by atoms with van der Waals surface area (Å²) >= 11 is 0. The van der Waals surface area contributed by atoms with E-state index in [2.05, 4.69) is 15.8 Å². The molecule has 0 aromatic heterocycles. The Kier molecular flexibility index (Phi) is 8.37. The summed E-state index contributed by atoms with van der Waals surface area (Å²) in [7, 11) is 0. The lowest BCUT2D eigenvalue weighted by Gasteiger charge is -2.06. The van der Waals surface area contributed by atoms with Gasteiger partial charge in [0, 0.05) is 12.8 Å². The lowest BCUT2D eigenvalue weighted by molar-refractivity contribution is -0.121. The molecule has 0 saturated carbocycles. The maximum absolute atomic E-state index is 11.8. The van der Waals surface area contributed by atoms with Gasteiger partial charge in [0.25, 0.3) is 0 Å². The predicted molar refractivity (Wildman–Crippen MR) is 109 cm³/mol. The van der Waals surface area contributed by atoms with Crippen LogP contribution in [0.2, 0.25) is 0 Å². The van der Waals surface area contributed by atoms with E-state index in [-0.39, 0.29) is 29.5 Å². The molecule has 152 valence electrons. The number of aromatic hydroxyl groups is 1. The maximum atomic E-state index is 11.8. The third-order valence-electron chi connectivity index (χ3n) is 4.02. The van der Waals surface area contributed by atoms with Crippen LogP contribution >= 0.6 is 0 Å². The Morgan fingerprint density at radius 3 is 2.38 bits per heavy atom. The van der Waals surface area contributed by atoms with Gasteiger partial charge in [-0.25, -0.2) is 10.2 Å². The summed E-state index contributed by atoms with van der Waals surface area (Å²) in [6.07, 6.45) is 3.89. The molecule has 0 heterocycles. The van der Waals surface area contributed by atoms with Crippen LogP contribution < -0.4 is 10.7 Å². The van der Waals surface area contributed by atoms with Crippen LogP contribution in [0, 0.1) is 0 Å². The van der Waals surface area contributed by atoms with E-state index in [1.165, 1.54) is 24.4 Å². The summed E-state index contributed by atoms with van der Waals surface area (Å²) in [6, 6.07) is 12.7. The number of carbonyl (C=O) groups is 3. The van der Waals surface area contributed by atoms with Gasteiger partial charge in [0.05, 0.1) is 17.5 Å². The number of para-hydroxylation sites is 2. The largest absolute Gasteiger partial charge is 0.506 e. The van der Waals surface area contributed by atoms with Gasteiger partial charge in [-0.2, -0.15) is 5.10 Å². The second kappa shape index (κ2) is 11.2. The molecule has 29 heavy (non-hydrogen) atoms. The van der Waals surface area contributed by atoms with Crippen molar-refractivity contribution in [3.8, 4) is 5.75 Å². The van der Waals surface area contributed by atoms with Crippen LogP contribution in [0.5, 0.6) is 5.75 Å². The number of unbranched alkanes of at least 4 members (excludes halogenated alkanes) is 2. The van der Waals surface area contributed by atoms with Gasteiger partial charge in [-0.1, -0.05) is 30.7 Å². The fraction of sp³-hybridized carbons (Fsp3) is 0.238. The summed E-state index contributed by atoms with van der Waals surface area (Å²) < 4.78 is 0. The minimum atomic E-state index is -1.03. The topological polar surface area (TPSA) is 128 Å². The highest BCUT2D eigenvalue weighted by atomic mass is 16.4. The zero-order valence-corrected chi connectivity index (χ0v) is 15.8. The molecule has 0 bridgehead atoms. The number of phenolic OH excluding ortho intramolecular Hbond substituents is 1. The highest BCUT2D eigenvalue weighted by Crippen LogP contribution is 2.21. The molecule has 0 radical (unpaired) electrons. The molecule has 2 amide bonds. The number of carboxylic acid groups (broad SMARTS) is 1. The fourth-order valence-electron chi connectivity index (χ4n) is 2.53. The Bertz CT molecular complexity index is 895. The van der Waals surface area contributed by atoms with Crippen molar-refractivity contribution in [2.75, 3.05) is 5.32 Å². The van der Waals surface area contributed by atoms with E-state index in [9.17, 15) is 19.5 Å². The minimum Gasteiger partial charge on any atom is -0.506 e. The monoisotopic (exact) mass is 397 g/mol. The van der Waals surface area contributed by atoms with Gasteiger partial charge in [-0.15, -0.1) is 0 Å². The zero-order chi connectivity index (χ0) is 21.1. The van der Waals surface area contributed by atoms with Crippen LogP contribution in [-0.4, -0.2) is 34.2 Å². The van der Waals surface area contributed by atoms with E-state index in [4.69, 9.17) is 5.11 Å². The number of hydrazone groups is 1. The summed E-state index contributed by atoms with van der Waals surface area (Å²) in [5.41, 5.74) is 3.49. The predicted octanol–water partition coefficient (Wildman–Crippen LogP) is 3.13. The SMILES string of the molecule is O=C(CCCCCC(=O)Nc1ccccc1O)N/N=C/c1cccc(C(=O)O)c1. The van der Waals surface area contributed by atoms with Gasteiger partial charge in [-0.3, -0.25) is 9.59 Å². The molecule has 2 aromatic rings. The van der Waals surface area contributed by atoms with Gasteiger partial charge < -0.3 is 15.5 Å². The maximum Gasteiger partial charge on any atom is 0.335 e. The number of aromatic carboxylic acids is 1. The van der Waals surface area contributed by atoms with Gasteiger partial charge in [0.2, 0.25) is 11.8 Å². The van der Waals surface area contributed by atoms with Crippen molar-refractivity contribution in [2.45, 2.75) is 32.1 Å². The van der Waals surface area contributed by atoms with Crippen molar-refractivity contribution in [3.05, 3.63) is 59.7 Å². The first-order chi connectivity index (χ1) is 14.0. The second-order valence-corrected chi connectivity index (χ2v) is 6.35. The standard InChI is InChI=1S/C21H23N3O5/c25-18-10-5-4-9-17(18)23-19(26)11-2-1-3-12-20(27)24-22-14-15-7-6-8-16(13-15)21(28)29/h4-10,13-14,25H,1-3,11-12H2,(H,23,26)(H,24,27)(H,28,29)/b22-14+. The highest BCUT2D eigenvalue weighted by Gasteiger charge is 2.06. The van der Waals surface area contributed by atoms with E-state index in [0.717, 1.165) is 0 Å². The summed E-state index contributed by atoms with van der Waals surface area (Å²) in [4.78, 5) is 34.5. The average molecular weight is 397 g/mol. The van der Waals surface area contributed by atoms with E-state index >= 15 is 0 Å².